The fourth-order valence-corrected chi connectivity index (χ4v) is 1.53. The molecule has 1 atom stereocenters. The molecule has 108 valence electrons. The van der Waals surface area contributed by atoms with Gasteiger partial charge in [-0.15, -0.1) is 0 Å². The first-order valence-corrected chi connectivity index (χ1v) is 5.93. The molecule has 1 aromatic rings. The second kappa shape index (κ2) is 7.13. The lowest BCUT2D eigenvalue weighted by atomic mass is 10.0. The molecule has 0 heterocycles. The summed E-state index contributed by atoms with van der Waals surface area (Å²) in [5, 5.41) is 21.7. The third-order valence-corrected chi connectivity index (χ3v) is 2.56. The van der Waals surface area contributed by atoms with Gasteiger partial charge in [-0.3, -0.25) is 4.79 Å². The Bertz CT molecular complexity index is 498. The molecule has 1 aromatic carbocycles. The zero-order valence-electron chi connectivity index (χ0n) is 10.9. The van der Waals surface area contributed by atoms with Gasteiger partial charge in [0.15, 0.2) is 0 Å². The highest BCUT2D eigenvalue weighted by Crippen LogP contribution is 2.06. The number of hydrogen-bond acceptors (Lipinski definition) is 3. The minimum atomic E-state index is -1.20. The molecule has 4 N–H and O–H groups in total. The summed E-state index contributed by atoms with van der Waals surface area (Å²) in [7, 11) is 0. The van der Waals surface area contributed by atoms with Crippen LogP contribution in [0.4, 0.5) is 4.79 Å². The Hall–Kier alpha value is -2.57. The minimum absolute atomic E-state index is 0.121. The Morgan fingerprint density at radius 3 is 2.25 bits per heavy atom. The predicted octanol–water partition coefficient (Wildman–Crippen LogP) is 0.375. The molecule has 7 nitrogen and oxygen atoms in total. The van der Waals surface area contributed by atoms with E-state index in [0.29, 0.717) is 0 Å². The number of rotatable bonds is 6. The molecular formula is C13H16N2O5. The first kappa shape index (κ1) is 15.5. The van der Waals surface area contributed by atoms with Crippen LogP contribution in [0.15, 0.2) is 24.3 Å². The molecule has 0 bridgehead atoms. The van der Waals surface area contributed by atoms with Crippen molar-refractivity contribution in [3.63, 3.8) is 0 Å². The van der Waals surface area contributed by atoms with E-state index in [0.717, 1.165) is 11.1 Å². The van der Waals surface area contributed by atoms with Crippen molar-refractivity contribution in [2.75, 3.05) is 6.54 Å². The van der Waals surface area contributed by atoms with Crippen LogP contribution >= 0.6 is 0 Å². The van der Waals surface area contributed by atoms with Gasteiger partial charge in [0.25, 0.3) is 0 Å². The normalized spacial score (nSPS) is 11.4. The Kier molecular flexibility index (Phi) is 5.52. The highest BCUT2D eigenvalue weighted by Gasteiger charge is 2.20. The fraction of sp³-hybridized carbons (Fsp3) is 0.308. The summed E-state index contributed by atoms with van der Waals surface area (Å²) >= 11 is 0. The van der Waals surface area contributed by atoms with Crippen LogP contribution in [0.25, 0.3) is 0 Å². The maximum atomic E-state index is 11.4. The number of hydrogen-bond donors (Lipinski definition) is 4. The summed E-state index contributed by atoms with van der Waals surface area (Å²) < 4.78 is 0. The largest absolute Gasteiger partial charge is 0.480 e. The highest BCUT2D eigenvalue weighted by molar-refractivity contribution is 5.84. The second-order valence-corrected chi connectivity index (χ2v) is 4.30. The van der Waals surface area contributed by atoms with Gasteiger partial charge in [-0.05, 0) is 12.5 Å². The van der Waals surface area contributed by atoms with Crippen molar-refractivity contribution >= 4 is 18.0 Å². The molecule has 0 fully saturated rings. The van der Waals surface area contributed by atoms with Gasteiger partial charge >= 0.3 is 18.0 Å². The number of aliphatic carboxylic acids is 2. The van der Waals surface area contributed by atoms with Crippen molar-refractivity contribution < 1.29 is 24.6 Å². The minimum Gasteiger partial charge on any atom is -0.480 e. The van der Waals surface area contributed by atoms with Gasteiger partial charge in [0.05, 0.1) is 0 Å². The number of carbonyl (C=O) groups is 3. The number of urea groups is 1. The number of carboxylic acids is 2. The standard InChI is InChI=1S/C13H16N2O5/c1-8-2-4-9(5-3-8)6-10(12(18)19)15-13(20)14-7-11(16)17/h2-5,10H,6-7H2,1H3,(H,16,17)(H,18,19)(H2,14,15,20)/t10-/m0/s1. The maximum Gasteiger partial charge on any atom is 0.326 e. The molecule has 1 rings (SSSR count). The van der Waals surface area contributed by atoms with Gasteiger partial charge in [-0.2, -0.15) is 0 Å². The molecule has 0 spiro atoms. The van der Waals surface area contributed by atoms with Gasteiger partial charge in [0.2, 0.25) is 0 Å². The molecule has 0 aromatic heterocycles. The van der Waals surface area contributed by atoms with Crippen LogP contribution in [0.3, 0.4) is 0 Å². The van der Waals surface area contributed by atoms with E-state index in [1.807, 2.05) is 24.4 Å². The first-order valence-electron chi connectivity index (χ1n) is 5.93. The second-order valence-electron chi connectivity index (χ2n) is 4.30. The van der Waals surface area contributed by atoms with Crippen molar-refractivity contribution in [1.82, 2.24) is 10.6 Å². The van der Waals surface area contributed by atoms with Crippen LogP contribution in [-0.4, -0.2) is 40.8 Å². The summed E-state index contributed by atoms with van der Waals surface area (Å²) in [5.41, 5.74) is 1.81. The number of benzene rings is 1. The van der Waals surface area contributed by atoms with E-state index in [9.17, 15) is 14.4 Å². The third kappa shape index (κ3) is 5.38. The summed E-state index contributed by atoms with van der Waals surface area (Å²) in [5.74, 6) is -2.39. The van der Waals surface area contributed by atoms with Gasteiger partial charge in [0, 0.05) is 6.42 Å². The van der Waals surface area contributed by atoms with Crippen molar-refractivity contribution in [2.45, 2.75) is 19.4 Å². The molecule has 7 heteroatoms. The van der Waals surface area contributed by atoms with Gasteiger partial charge in [0.1, 0.15) is 12.6 Å². The van der Waals surface area contributed by atoms with E-state index in [2.05, 4.69) is 5.32 Å². The highest BCUT2D eigenvalue weighted by atomic mass is 16.4. The number of aryl methyl sites for hydroxylation is 1. The molecule has 0 radical (unpaired) electrons. The molecule has 0 saturated carbocycles. The molecule has 0 unspecified atom stereocenters. The number of nitrogens with one attached hydrogen (secondary N) is 2. The van der Waals surface area contributed by atoms with Crippen LogP contribution in [0.2, 0.25) is 0 Å². The molecule has 0 saturated heterocycles. The van der Waals surface area contributed by atoms with Crippen LogP contribution in [0.5, 0.6) is 0 Å². The van der Waals surface area contributed by atoms with Crippen molar-refractivity contribution in [1.29, 1.82) is 0 Å². The predicted molar refractivity (Wildman–Crippen MR) is 70.5 cm³/mol. The lowest BCUT2D eigenvalue weighted by molar-refractivity contribution is -0.139. The third-order valence-electron chi connectivity index (χ3n) is 2.56. The van der Waals surface area contributed by atoms with Gasteiger partial charge < -0.3 is 20.8 Å². The van der Waals surface area contributed by atoms with Crippen molar-refractivity contribution in [3.05, 3.63) is 35.4 Å². The van der Waals surface area contributed by atoms with Gasteiger partial charge in [-0.1, -0.05) is 29.8 Å². The quantitative estimate of drug-likeness (QED) is 0.601. The summed E-state index contributed by atoms with van der Waals surface area (Å²) in [4.78, 5) is 32.7. The lowest BCUT2D eigenvalue weighted by Gasteiger charge is -2.15. The number of carbonyl (C=O) groups excluding carboxylic acids is 1. The fourth-order valence-electron chi connectivity index (χ4n) is 1.53. The van der Waals surface area contributed by atoms with E-state index in [4.69, 9.17) is 10.2 Å². The van der Waals surface area contributed by atoms with E-state index in [-0.39, 0.29) is 6.42 Å². The SMILES string of the molecule is Cc1ccc(C[C@H](NC(=O)NCC(=O)O)C(=O)O)cc1. The first-order chi connectivity index (χ1) is 9.38. The monoisotopic (exact) mass is 280 g/mol. The van der Waals surface area contributed by atoms with Gasteiger partial charge in [-0.25, -0.2) is 9.59 Å². The molecule has 0 aliphatic heterocycles. The van der Waals surface area contributed by atoms with E-state index >= 15 is 0 Å². The van der Waals surface area contributed by atoms with Crippen LogP contribution in [-0.2, 0) is 16.0 Å². The molecule has 2 amide bonds. The van der Waals surface area contributed by atoms with E-state index in [1.54, 1.807) is 12.1 Å². The zero-order valence-corrected chi connectivity index (χ0v) is 10.9. The number of amides is 2. The van der Waals surface area contributed by atoms with Crippen molar-refractivity contribution in [3.8, 4) is 0 Å². The zero-order chi connectivity index (χ0) is 15.1. The Labute approximate surface area is 115 Å². The number of carboxylic acid groups (broad SMARTS) is 2. The average molecular weight is 280 g/mol. The van der Waals surface area contributed by atoms with Crippen LogP contribution < -0.4 is 10.6 Å². The molecule has 20 heavy (non-hydrogen) atoms. The molecule has 0 aliphatic rings. The average Bonchev–Trinajstić information content (AvgIpc) is 2.38. The summed E-state index contributed by atoms with van der Waals surface area (Å²) in [6.45, 7) is 1.35. The molecular weight excluding hydrogens is 264 g/mol. The molecule has 0 aliphatic carbocycles. The Morgan fingerprint density at radius 1 is 1.15 bits per heavy atom. The Morgan fingerprint density at radius 2 is 1.75 bits per heavy atom. The van der Waals surface area contributed by atoms with Crippen molar-refractivity contribution in [2.24, 2.45) is 0 Å². The summed E-state index contributed by atoms with van der Waals surface area (Å²) in [6.07, 6.45) is 0.121. The Balaban J connectivity index is 2.60. The maximum absolute atomic E-state index is 11.4. The van der Waals surface area contributed by atoms with E-state index < -0.39 is 30.6 Å². The van der Waals surface area contributed by atoms with Crippen LogP contribution in [0, 0.1) is 6.92 Å². The van der Waals surface area contributed by atoms with E-state index in [1.165, 1.54) is 0 Å². The summed E-state index contributed by atoms with van der Waals surface area (Å²) in [6, 6.07) is 5.31. The topological polar surface area (TPSA) is 116 Å². The smallest absolute Gasteiger partial charge is 0.326 e. The lowest BCUT2D eigenvalue weighted by Crippen LogP contribution is -2.48. The van der Waals surface area contributed by atoms with Crippen LogP contribution in [0.1, 0.15) is 11.1 Å².